The van der Waals surface area contributed by atoms with E-state index in [2.05, 4.69) is 9.72 Å². The topological polar surface area (TPSA) is 65.2 Å². The summed E-state index contributed by atoms with van der Waals surface area (Å²) in [6.45, 7) is 0. The average Bonchev–Trinajstić information content (AvgIpc) is 2.38. The molecule has 0 saturated heterocycles. The maximum absolute atomic E-state index is 11.1. The molecule has 6 heteroatoms. The second-order valence-corrected chi connectivity index (χ2v) is 3.85. The predicted octanol–water partition coefficient (Wildman–Crippen LogP) is 2.64. The highest BCUT2D eigenvalue weighted by molar-refractivity contribution is 5.85. The molecule has 19 heavy (non-hydrogen) atoms. The van der Waals surface area contributed by atoms with Crippen molar-refractivity contribution in [2.75, 3.05) is 7.11 Å². The summed E-state index contributed by atoms with van der Waals surface area (Å²) in [5.74, 6) is -0.314. The molecule has 2 rings (SSSR count). The highest BCUT2D eigenvalue weighted by Gasteiger charge is 2.12. The van der Waals surface area contributed by atoms with Crippen LogP contribution in [-0.2, 0) is 9.53 Å². The van der Waals surface area contributed by atoms with Crippen LogP contribution in [0.5, 0.6) is 0 Å². The molecule has 0 spiro atoms. The minimum Gasteiger partial charge on any atom is -0.469 e. The number of carbonyl (C=O) groups is 1. The van der Waals surface area contributed by atoms with Crippen LogP contribution >= 0.6 is 24.8 Å². The van der Waals surface area contributed by atoms with Gasteiger partial charge in [-0.05, 0) is 17.7 Å². The molecule has 1 aromatic heterocycles. The highest BCUT2D eigenvalue weighted by atomic mass is 35.5. The summed E-state index contributed by atoms with van der Waals surface area (Å²) < 4.78 is 4.59. The van der Waals surface area contributed by atoms with Crippen molar-refractivity contribution in [2.24, 2.45) is 5.73 Å². The maximum atomic E-state index is 11.1. The fourth-order valence-electron chi connectivity index (χ4n) is 1.67. The number of carbonyl (C=O) groups excluding carboxylic acids is 1. The van der Waals surface area contributed by atoms with Gasteiger partial charge in [-0.1, -0.05) is 18.2 Å². The Morgan fingerprint density at radius 3 is 2.74 bits per heavy atom. The Kier molecular flexibility index (Phi) is 7.37. The van der Waals surface area contributed by atoms with Crippen molar-refractivity contribution in [1.29, 1.82) is 0 Å². The average molecular weight is 303 g/mol. The molecule has 1 aromatic carbocycles. The molecular weight excluding hydrogens is 287 g/mol. The van der Waals surface area contributed by atoms with E-state index in [-0.39, 0.29) is 43.2 Å². The third-order valence-corrected chi connectivity index (χ3v) is 2.65. The summed E-state index contributed by atoms with van der Waals surface area (Å²) in [5, 5.41) is 1.02. The van der Waals surface area contributed by atoms with E-state index in [9.17, 15) is 4.79 Å². The fourth-order valence-corrected chi connectivity index (χ4v) is 1.67. The molecule has 0 aliphatic rings. The van der Waals surface area contributed by atoms with Crippen molar-refractivity contribution in [1.82, 2.24) is 4.98 Å². The van der Waals surface area contributed by atoms with E-state index in [0.717, 1.165) is 16.5 Å². The summed E-state index contributed by atoms with van der Waals surface area (Å²) in [6, 6.07) is 9.36. The van der Waals surface area contributed by atoms with Gasteiger partial charge < -0.3 is 10.5 Å². The van der Waals surface area contributed by atoms with Crippen LogP contribution in [0.15, 0.2) is 36.5 Å². The molecule has 4 nitrogen and oxygen atoms in total. The predicted molar refractivity (Wildman–Crippen MR) is 79.8 cm³/mol. The lowest BCUT2D eigenvalue weighted by Crippen LogP contribution is -2.16. The molecule has 2 N–H and O–H groups in total. The first-order chi connectivity index (χ1) is 8.20. The zero-order valence-corrected chi connectivity index (χ0v) is 12.0. The maximum Gasteiger partial charge on any atom is 0.307 e. The SMILES string of the molecule is COC(=O)CC(N)c1cnc2ccccc2c1.Cl.Cl. The van der Waals surface area contributed by atoms with Crippen molar-refractivity contribution in [3.05, 3.63) is 42.1 Å². The van der Waals surface area contributed by atoms with E-state index in [1.807, 2.05) is 30.3 Å². The number of methoxy groups -OCH3 is 1. The molecule has 1 heterocycles. The number of aromatic nitrogens is 1. The second-order valence-electron chi connectivity index (χ2n) is 3.85. The Bertz CT molecular complexity index is 549. The van der Waals surface area contributed by atoms with E-state index in [0.29, 0.717) is 0 Å². The van der Waals surface area contributed by atoms with Crippen LogP contribution in [0, 0.1) is 0 Å². The van der Waals surface area contributed by atoms with Gasteiger partial charge in [0.1, 0.15) is 0 Å². The van der Waals surface area contributed by atoms with Crippen LogP contribution in [0.3, 0.4) is 0 Å². The lowest BCUT2D eigenvalue weighted by atomic mass is 10.0. The van der Waals surface area contributed by atoms with Crippen molar-refractivity contribution in [3.8, 4) is 0 Å². The molecular formula is C13H16Cl2N2O2. The Hall–Kier alpha value is -1.36. The zero-order valence-electron chi connectivity index (χ0n) is 10.4. The van der Waals surface area contributed by atoms with E-state index in [1.54, 1.807) is 6.20 Å². The lowest BCUT2D eigenvalue weighted by Gasteiger charge is -2.10. The first-order valence-corrected chi connectivity index (χ1v) is 5.38. The zero-order chi connectivity index (χ0) is 12.3. The minimum atomic E-state index is -0.375. The number of esters is 1. The molecule has 0 radical (unpaired) electrons. The van der Waals surface area contributed by atoms with Crippen LogP contribution in [0.1, 0.15) is 18.0 Å². The van der Waals surface area contributed by atoms with Crippen molar-refractivity contribution in [3.63, 3.8) is 0 Å². The summed E-state index contributed by atoms with van der Waals surface area (Å²) in [7, 11) is 1.35. The molecule has 0 bridgehead atoms. The summed E-state index contributed by atoms with van der Waals surface area (Å²) >= 11 is 0. The van der Waals surface area contributed by atoms with Gasteiger partial charge in [-0.25, -0.2) is 0 Å². The highest BCUT2D eigenvalue weighted by Crippen LogP contribution is 2.18. The molecule has 0 aliphatic carbocycles. The number of hydrogen-bond acceptors (Lipinski definition) is 4. The monoisotopic (exact) mass is 302 g/mol. The third-order valence-electron chi connectivity index (χ3n) is 2.65. The van der Waals surface area contributed by atoms with Gasteiger partial charge in [0, 0.05) is 17.6 Å². The number of pyridine rings is 1. The number of nitrogens with two attached hydrogens (primary N) is 1. The number of rotatable bonds is 3. The fraction of sp³-hybridized carbons (Fsp3) is 0.231. The second kappa shape index (κ2) is 7.94. The van der Waals surface area contributed by atoms with Gasteiger partial charge in [0.2, 0.25) is 0 Å². The van der Waals surface area contributed by atoms with Gasteiger partial charge in [-0.15, -0.1) is 24.8 Å². The van der Waals surface area contributed by atoms with Crippen LogP contribution in [0.4, 0.5) is 0 Å². The molecule has 104 valence electrons. The third kappa shape index (κ3) is 4.35. The van der Waals surface area contributed by atoms with E-state index < -0.39 is 0 Å². The summed E-state index contributed by atoms with van der Waals surface area (Å²) in [5.41, 5.74) is 7.68. The van der Waals surface area contributed by atoms with Crippen LogP contribution < -0.4 is 5.73 Å². The van der Waals surface area contributed by atoms with Gasteiger partial charge in [-0.2, -0.15) is 0 Å². The van der Waals surface area contributed by atoms with E-state index >= 15 is 0 Å². The van der Waals surface area contributed by atoms with E-state index in [1.165, 1.54) is 7.11 Å². The van der Waals surface area contributed by atoms with Gasteiger partial charge in [0.15, 0.2) is 0 Å². The Labute approximate surface area is 124 Å². The molecule has 0 fully saturated rings. The van der Waals surface area contributed by atoms with Gasteiger partial charge in [0.25, 0.3) is 0 Å². The minimum absolute atomic E-state index is 0. The molecule has 2 aromatic rings. The van der Waals surface area contributed by atoms with Crippen LogP contribution in [0.25, 0.3) is 10.9 Å². The lowest BCUT2D eigenvalue weighted by molar-refractivity contribution is -0.141. The van der Waals surface area contributed by atoms with Crippen LogP contribution in [0.2, 0.25) is 0 Å². The number of hydrogen-bond donors (Lipinski definition) is 1. The quantitative estimate of drug-likeness (QED) is 0.885. The normalized spacial score (nSPS) is 11.1. The molecule has 1 unspecified atom stereocenters. The Morgan fingerprint density at radius 2 is 2.05 bits per heavy atom. The van der Waals surface area contributed by atoms with Gasteiger partial charge >= 0.3 is 5.97 Å². The Morgan fingerprint density at radius 1 is 1.37 bits per heavy atom. The molecule has 0 aliphatic heterocycles. The molecule has 0 saturated carbocycles. The van der Waals surface area contributed by atoms with Gasteiger partial charge in [-0.3, -0.25) is 9.78 Å². The van der Waals surface area contributed by atoms with E-state index in [4.69, 9.17) is 5.73 Å². The Balaban J connectivity index is 0.00000162. The largest absolute Gasteiger partial charge is 0.469 e. The molecule has 1 atom stereocenters. The van der Waals surface area contributed by atoms with Crippen molar-refractivity contribution < 1.29 is 9.53 Å². The standard InChI is InChI=1S/C13H14N2O2.2ClH/c1-17-13(16)7-11(14)10-6-9-4-2-3-5-12(9)15-8-10;;/h2-6,8,11H,7,14H2,1H3;2*1H. The molecule has 0 amide bonds. The number of benzene rings is 1. The smallest absolute Gasteiger partial charge is 0.307 e. The first-order valence-electron chi connectivity index (χ1n) is 5.38. The first kappa shape index (κ1) is 17.6. The number of para-hydroxylation sites is 1. The van der Waals surface area contributed by atoms with Crippen LogP contribution in [-0.4, -0.2) is 18.1 Å². The summed E-state index contributed by atoms with van der Waals surface area (Å²) in [4.78, 5) is 15.4. The van der Waals surface area contributed by atoms with Crippen molar-refractivity contribution >= 4 is 41.7 Å². The summed E-state index contributed by atoms with van der Waals surface area (Å²) in [6.07, 6.45) is 1.87. The number of fused-ring (bicyclic) bond motifs is 1. The van der Waals surface area contributed by atoms with Crippen molar-refractivity contribution in [2.45, 2.75) is 12.5 Å². The number of ether oxygens (including phenoxy) is 1. The number of halogens is 2. The van der Waals surface area contributed by atoms with Gasteiger partial charge in [0.05, 0.1) is 19.0 Å². The number of nitrogens with zero attached hydrogens (tertiary/aromatic N) is 1.